The number of nitrogens with zero attached hydrogens (tertiary/aromatic N) is 1. The largest absolute Gasteiger partial charge is 0.316 e. The van der Waals surface area contributed by atoms with Crippen LogP contribution in [0.5, 0.6) is 0 Å². The fourth-order valence-corrected chi connectivity index (χ4v) is 5.43. The molecule has 0 aromatic carbocycles. The molecule has 1 aliphatic carbocycles. The van der Waals surface area contributed by atoms with Crippen LogP contribution in [0.1, 0.15) is 38.5 Å². The molecule has 1 N–H and O–H groups in total. The van der Waals surface area contributed by atoms with E-state index in [1.54, 1.807) is 0 Å². The monoisotopic (exact) mass is 258 g/mol. The molecular formula is C12H22N2O2S. The van der Waals surface area contributed by atoms with Gasteiger partial charge < -0.3 is 5.32 Å². The van der Waals surface area contributed by atoms with Crippen LogP contribution in [0, 0.1) is 5.92 Å². The lowest BCUT2D eigenvalue weighted by molar-refractivity contribution is 0.193. The average Bonchev–Trinajstić information content (AvgIpc) is 3.06. The van der Waals surface area contributed by atoms with Crippen molar-refractivity contribution in [2.75, 3.05) is 19.6 Å². The Morgan fingerprint density at radius 3 is 2.53 bits per heavy atom. The van der Waals surface area contributed by atoms with Crippen molar-refractivity contribution in [2.24, 2.45) is 5.92 Å². The molecule has 0 radical (unpaired) electrons. The van der Waals surface area contributed by atoms with Crippen molar-refractivity contribution in [3.8, 4) is 0 Å². The van der Waals surface area contributed by atoms with E-state index in [4.69, 9.17) is 0 Å². The summed E-state index contributed by atoms with van der Waals surface area (Å²) in [5.41, 5.74) is 0. The maximum absolute atomic E-state index is 12.4. The summed E-state index contributed by atoms with van der Waals surface area (Å²) in [4.78, 5) is 0. The van der Waals surface area contributed by atoms with E-state index >= 15 is 0 Å². The quantitative estimate of drug-likeness (QED) is 0.820. The number of nitrogens with one attached hydrogen (secondary N) is 1. The third kappa shape index (κ3) is 2.25. The van der Waals surface area contributed by atoms with Crippen LogP contribution in [0.2, 0.25) is 0 Å². The highest BCUT2D eigenvalue weighted by atomic mass is 32.2. The number of hydrogen-bond acceptors (Lipinski definition) is 3. The summed E-state index contributed by atoms with van der Waals surface area (Å²) in [6.07, 6.45) is 6.21. The van der Waals surface area contributed by atoms with Crippen LogP contribution in [-0.2, 0) is 10.0 Å². The molecule has 5 heteroatoms. The van der Waals surface area contributed by atoms with Crippen LogP contribution in [0.4, 0.5) is 0 Å². The van der Waals surface area contributed by atoms with Gasteiger partial charge in [-0.15, -0.1) is 0 Å². The van der Waals surface area contributed by atoms with Crippen LogP contribution < -0.4 is 5.32 Å². The van der Waals surface area contributed by atoms with Crippen molar-refractivity contribution >= 4 is 10.0 Å². The van der Waals surface area contributed by atoms with Crippen molar-refractivity contribution in [1.29, 1.82) is 0 Å². The number of hydrogen-bond donors (Lipinski definition) is 1. The van der Waals surface area contributed by atoms with Crippen molar-refractivity contribution in [2.45, 2.75) is 49.8 Å². The highest BCUT2D eigenvalue weighted by molar-refractivity contribution is 7.90. The Kier molecular flexibility index (Phi) is 3.17. The van der Waals surface area contributed by atoms with Gasteiger partial charge in [0, 0.05) is 12.6 Å². The molecule has 0 bridgehead atoms. The SMILES string of the molecule is O=S(=O)(C1CC1)N1CCCCC1C1CCNC1. The predicted octanol–water partition coefficient (Wildman–Crippen LogP) is 0.943. The smallest absolute Gasteiger partial charge is 0.217 e. The van der Waals surface area contributed by atoms with Gasteiger partial charge in [0.1, 0.15) is 0 Å². The zero-order chi connectivity index (χ0) is 11.9. The molecule has 17 heavy (non-hydrogen) atoms. The number of sulfonamides is 1. The first-order valence-corrected chi connectivity index (χ1v) is 8.41. The van der Waals surface area contributed by atoms with Gasteiger partial charge in [-0.05, 0) is 51.1 Å². The molecule has 3 rings (SSSR count). The molecule has 2 saturated heterocycles. The molecule has 2 aliphatic heterocycles. The molecule has 0 amide bonds. The van der Waals surface area contributed by atoms with Crippen LogP contribution in [0.25, 0.3) is 0 Å². The van der Waals surface area contributed by atoms with E-state index in [0.29, 0.717) is 5.92 Å². The van der Waals surface area contributed by atoms with Gasteiger partial charge in [0.2, 0.25) is 10.0 Å². The van der Waals surface area contributed by atoms with E-state index < -0.39 is 10.0 Å². The Hall–Kier alpha value is -0.130. The summed E-state index contributed by atoms with van der Waals surface area (Å²) >= 11 is 0. The van der Waals surface area contributed by atoms with E-state index in [1.807, 2.05) is 4.31 Å². The van der Waals surface area contributed by atoms with Gasteiger partial charge in [0.15, 0.2) is 0 Å². The lowest BCUT2D eigenvalue weighted by Crippen LogP contribution is -2.49. The van der Waals surface area contributed by atoms with E-state index in [-0.39, 0.29) is 11.3 Å². The Bertz CT molecular complexity index is 372. The molecule has 0 spiro atoms. The molecule has 1 saturated carbocycles. The summed E-state index contributed by atoms with van der Waals surface area (Å²) < 4.78 is 26.7. The zero-order valence-corrected chi connectivity index (χ0v) is 11.1. The summed E-state index contributed by atoms with van der Waals surface area (Å²) in [6.45, 7) is 2.82. The van der Waals surface area contributed by atoms with Crippen molar-refractivity contribution in [3.63, 3.8) is 0 Å². The molecule has 2 unspecified atom stereocenters. The van der Waals surface area contributed by atoms with E-state index in [9.17, 15) is 8.42 Å². The lowest BCUT2D eigenvalue weighted by Gasteiger charge is -2.38. The Morgan fingerprint density at radius 2 is 1.88 bits per heavy atom. The third-order valence-corrected chi connectivity index (χ3v) is 6.83. The first-order chi connectivity index (χ1) is 8.19. The lowest BCUT2D eigenvalue weighted by atomic mass is 9.91. The standard InChI is InChI=1S/C12H22N2O2S/c15-17(16,11-4-5-11)14-8-2-1-3-12(14)10-6-7-13-9-10/h10-13H,1-9H2. The van der Waals surface area contributed by atoms with Crippen molar-refractivity contribution in [3.05, 3.63) is 0 Å². The molecular weight excluding hydrogens is 236 g/mol. The highest BCUT2D eigenvalue weighted by Crippen LogP contribution is 2.36. The molecule has 3 aliphatic rings. The topological polar surface area (TPSA) is 49.4 Å². The first kappa shape index (κ1) is 11.9. The van der Waals surface area contributed by atoms with Crippen LogP contribution in [-0.4, -0.2) is 43.6 Å². The zero-order valence-electron chi connectivity index (χ0n) is 10.3. The average molecular weight is 258 g/mol. The second-order valence-corrected chi connectivity index (χ2v) is 7.84. The third-order valence-electron chi connectivity index (χ3n) is 4.41. The van der Waals surface area contributed by atoms with Crippen molar-refractivity contribution in [1.82, 2.24) is 9.62 Å². The fraction of sp³-hybridized carbons (Fsp3) is 1.00. The maximum Gasteiger partial charge on any atom is 0.217 e. The molecule has 4 nitrogen and oxygen atoms in total. The van der Waals surface area contributed by atoms with Crippen LogP contribution >= 0.6 is 0 Å². The molecule has 3 fully saturated rings. The second-order valence-electron chi connectivity index (χ2n) is 5.67. The van der Waals surface area contributed by atoms with Gasteiger partial charge in [-0.2, -0.15) is 4.31 Å². The maximum atomic E-state index is 12.4. The van der Waals surface area contributed by atoms with Crippen LogP contribution in [0.15, 0.2) is 0 Å². The molecule has 0 aromatic heterocycles. The van der Waals surface area contributed by atoms with Gasteiger partial charge >= 0.3 is 0 Å². The fourth-order valence-electron chi connectivity index (χ4n) is 3.28. The summed E-state index contributed by atoms with van der Waals surface area (Å²) in [5.74, 6) is 0.545. The van der Waals surface area contributed by atoms with Crippen LogP contribution in [0.3, 0.4) is 0 Å². The summed E-state index contributed by atoms with van der Waals surface area (Å²) in [6, 6.07) is 0.282. The molecule has 2 atom stereocenters. The first-order valence-electron chi connectivity index (χ1n) is 6.91. The minimum atomic E-state index is -2.97. The Labute approximate surface area is 104 Å². The summed E-state index contributed by atoms with van der Waals surface area (Å²) in [7, 11) is -2.97. The molecule has 0 aromatic rings. The molecule has 98 valence electrons. The predicted molar refractivity (Wildman–Crippen MR) is 67.3 cm³/mol. The minimum Gasteiger partial charge on any atom is -0.316 e. The summed E-state index contributed by atoms with van der Waals surface area (Å²) in [5, 5.41) is 3.32. The number of rotatable bonds is 3. The normalized spacial score (nSPS) is 36.2. The number of piperidine rings is 1. The Morgan fingerprint density at radius 1 is 1.06 bits per heavy atom. The van der Waals surface area contributed by atoms with Gasteiger partial charge in [-0.25, -0.2) is 8.42 Å². The van der Waals surface area contributed by atoms with Gasteiger partial charge in [-0.3, -0.25) is 0 Å². The van der Waals surface area contributed by atoms with Crippen molar-refractivity contribution < 1.29 is 8.42 Å². The Balaban J connectivity index is 1.79. The van der Waals surface area contributed by atoms with E-state index in [2.05, 4.69) is 5.32 Å². The second kappa shape index (κ2) is 4.52. The minimum absolute atomic E-state index is 0.0440. The van der Waals surface area contributed by atoms with Gasteiger partial charge in [0.05, 0.1) is 5.25 Å². The van der Waals surface area contributed by atoms with E-state index in [1.165, 1.54) is 6.42 Å². The molecule has 2 heterocycles. The van der Waals surface area contributed by atoms with Gasteiger partial charge in [-0.1, -0.05) is 6.42 Å². The van der Waals surface area contributed by atoms with Gasteiger partial charge in [0.25, 0.3) is 0 Å². The highest BCUT2D eigenvalue weighted by Gasteiger charge is 2.45. The van der Waals surface area contributed by atoms with E-state index in [0.717, 1.165) is 51.7 Å².